The van der Waals surface area contributed by atoms with Crippen molar-refractivity contribution in [3.8, 4) is 0 Å². The molecule has 0 aliphatic rings. The zero-order chi connectivity index (χ0) is 14.6. The lowest BCUT2D eigenvalue weighted by molar-refractivity contribution is 0.0307. The molecule has 2 nitrogen and oxygen atoms in total. The van der Waals surface area contributed by atoms with Gasteiger partial charge >= 0.3 is 0 Å². The Labute approximate surface area is 123 Å². The summed E-state index contributed by atoms with van der Waals surface area (Å²) in [6.07, 6.45) is 0. The number of halogens is 1. The highest BCUT2D eigenvalue weighted by molar-refractivity contribution is 7.07. The summed E-state index contributed by atoms with van der Waals surface area (Å²) in [6.45, 7) is 5.65. The molecule has 0 spiro atoms. The number of nitrogens with zero attached hydrogens (tertiary/aromatic N) is 1. The maximum Gasteiger partial charge on any atom is 0.123 e. The highest BCUT2D eigenvalue weighted by atomic mass is 32.1. The molecule has 0 radical (unpaired) electrons. The molecule has 0 saturated carbocycles. The lowest BCUT2D eigenvalue weighted by Gasteiger charge is -2.29. The minimum absolute atomic E-state index is 0.222. The maximum atomic E-state index is 12.9. The van der Waals surface area contributed by atoms with Crippen LogP contribution in [0.5, 0.6) is 0 Å². The van der Waals surface area contributed by atoms with Crippen LogP contribution >= 0.6 is 11.3 Å². The van der Waals surface area contributed by atoms with Crippen molar-refractivity contribution in [2.45, 2.75) is 32.5 Å². The standard InChI is InChI=1S/C16H20FNOS/c1-16(2,19)12-18(10-14-7-8-20-11-14)9-13-3-5-15(17)6-4-13/h3-8,11,19H,9-10,12H2,1-2H3. The first-order valence-corrected chi connectivity index (χ1v) is 7.57. The number of hydrogen-bond acceptors (Lipinski definition) is 3. The summed E-state index contributed by atoms with van der Waals surface area (Å²) < 4.78 is 12.9. The zero-order valence-electron chi connectivity index (χ0n) is 11.8. The van der Waals surface area contributed by atoms with Crippen molar-refractivity contribution in [2.75, 3.05) is 6.54 Å². The Morgan fingerprint density at radius 3 is 2.30 bits per heavy atom. The molecule has 2 aromatic rings. The van der Waals surface area contributed by atoms with Gasteiger partial charge in [0.25, 0.3) is 0 Å². The summed E-state index contributed by atoms with van der Waals surface area (Å²) in [5.41, 5.74) is 1.53. The molecule has 0 saturated heterocycles. The van der Waals surface area contributed by atoms with Gasteiger partial charge in [-0.3, -0.25) is 4.90 Å². The van der Waals surface area contributed by atoms with Gasteiger partial charge in [0.2, 0.25) is 0 Å². The van der Waals surface area contributed by atoms with Crippen LogP contribution in [0.15, 0.2) is 41.1 Å². The molecule has 0 amide bonds. The third-order valence-electron chi connectivity index (χ3n) is 2.92. The van der Waals surface area contributed by atoms with Gasteiger partial charge in [-0.15, -0.1) is 0 Å². The van der Waals surface area contributed by atoms with Crippen molar-refractivity contribution < 1.29 is 9.50 Å². The fraction of sp³-hybridized carbons (Fsp3) is 0.375. The van der Waals surface area contributed by atoms with E-state index in [2.05, 4.69) is 21.7 Å². The molecule has 0 fully saturated rings. The van der Waals surface area contributed by atoms with Gasteiger partial charge in [-0.05, 0) is 53.9 Å². The first-order valence-electron chi connectivity index (χ1n) is 6.63. The van der Waals surface area contributed by atoms with Crippen molar-refractivity contribution in [2.24, 2.45) is 0 Å². The number of benzene rings is 1. The molecule has 20 heavy (non-hydrogen) atoms. The van der Waals surface area contributed by atoms with E-state index in [4.69, 9.17) is 0 Å². The predicted molar refractivity (Wildman–Crippen MR) is 81.1 cm³/mol. The quantitative estimate of drug-likeness (QED) is 0.878. The average molecular weight is 293 g/mol. The van der Waals surface area contributed by atoms with Gasteiger partial charge in [0.05, 0.1) is 5.60 Å². The van der Waals surface area contributed by atoms with Gasteiger partial charge < -0.3 is 5.11 Å². The van der Waals surface area contributed by atoms with E-state index in [1.165, 1.54) is 17.7 Å². The fourth-order valence-electron chi connectivity index (χ4n) is 2.20. The number of aliphatic hydroxyl groups is 1. The van der Waals surface area contributed by atoms with Gasteiger partial charge in [0.1, 0.15) is 5.82 Å². The molecular weight excluding hydrogens is 273 g/mol. The van der Waals surface area contributed by atoms with E-state index < -0.39 is 5.60 Å². The van der Waals surface area contributed by atoms with Crippen molar-refractivity contribution in [3.05, 3.63) is 58.0 Å². The summed E-state index contributed by atoms with van der Waals surface area (Å²) in [5, 5.41) is 14.2. The molecule has 1 N–H and O–H groups in total. The number of thiophene rings is 1. The fourth-order valence-corrected chi connectivity index (χ4v) is 2.86. The molecule has 0 aliphatic heterocycles. The van der Waals surface area contributed by atoms with E-state index in [1.807, 2.05) is 0 Å². The Morgan fingerprint density at radius 1 is 1.10 bits per heavy atom. The van der Waals surface area contributed by atoms with Crippen molar-refractivity contribution in [1.29, 1.82) is 0 Å². The second-order valence-corrected chi connectivity index (χ2v) is 6.50. The van der Waals surface area contributed by atoms with Gasteiger partial charge in [-0.25, -0.2) is 4.39 Å². The van der Waals surface area contributed by atoms with Crippen molar-refractivity contribution >= 4 is 11.3 Å². The molecule has 0 atom stereocenters. The Bertz CT molecular complexity index is 516. The Hall–Kier alpha value is -1.23. The topological polar surface area (TPSA) is 23.5 Å². The van der Waals surface area contributed by atoms with E-state index in [-0.39, 0.29) is 5.82 Å². The smallest absolute Gasteiger partial charge is 0.123 e. The van der Waals surface area contributed by atoms with Gasteiger partial charge in [-0.2, -0.15) is 11.3 Å². The molecule has 1 aromatic carbocycles. The highest BCUT2D eigenvalue weighted by Gasteiger charge is 2.19. The van der Waals surface area contributed by atoms with Crippen LogP contribution in [0, 0.1) is 5.82 Å². The monoisotopic (exact) mass is 293 g/mol. The van der Waals surface area contributed by atoms with Crippen LogP contribution in [0.2, 0.25) is 0 Å². The predicted octanol–water partition coefficient (Wildman–Crippen LogP) is 3.66. The van der Waals surface area contributed by atoms with Crippen LogP contribution in [0.3, 0.4) is 0 Å². The third-order valence-corrected chi connectivity index (χ3v) is 3.65. The summed E-state index contributed by atoms with van der Waals surface area (Å²) in [7, 11) is 0. The summed E-state index contributed by atoms with van der Waals surface area (Å²) in [6, 6.07) is 8.62. The third kappa shape index (κ3) is 5.04. The number of rotatable bonds is 6. The highest BCUT2D eigenvalue weighted by Crippen LogP contribution is 2.16. The van der Waals surface area contributed by atoms with Crippen LogP contribution in [0.4, 0.5) is 4.39 Å². The zero-order valence-corrected chi connectivity index (χ0v) is 12.7. The van der Waals surface area contributed by atoms with Crippen LogP contribution in [-0.2, 0) is 13.1 Å². The Balaban J connectivity index is 2.07. The molecule has 0 unspecified atom stereocenters. The SMILES string of the molecule is CC(C)(O)CN(Cc1ccc(F)cc1)Cc1ccsc1. The molecular formula is C16H20FNOS. The Morgan fingerprint density at radius 2 is 1.75 bits per heavy atom. The van der Waals surface area contributed by atoms with Crippen LogP contribution in [-0.4, -0.2) is 22.2 Å². The molecule has 1 heterocycles. The molecule has 1 aromatic heterocycles. The summed E-state index contributed by atoms with van der Waals surface area (Å²) in [5.74, 6) is -0.222. The van der Waals surface area contributed by atoms with Gasteiger partial charge in [0.15, 0.2) is 0 Å². The number of hydrogen-bond donors (Lipinski definition) is 1. The van der Waals surface area contributed by atoms with Gasteiger partial charge in [-0.1, -0.05) is 12.1 Å². The van der Waals surface area contributed by atoms with E-state index in [9.17, 15) is 9.50 Å². The van der Waals surface area contributed by atoms with E-state index in [0.29, 0.717) is 13.1 Å². The largest absolute Gasteiger partial charge is 0.389 e. The van der Waals surface area contributed by atoms with E-state index in [0.717, 1.165) is 12.1 Å². The van der Waals surface area contributed by atoms with Crippen LogP contribution in [0.25, 0.3) is 0 Å². The lowest BCUT2D eigenvalue weighted by Crippen LogP contribution is -2.37. The summed E-state index contributed by atoms with van der Waals surface area (Å²) >= 11 is 1.67. The Kier molecular flexibility index (Phi) is 4.91. The van der Waals surface area contributed by atoms with Gasteiger partial charge in [0, 0.05) is 19.6 Å². The lowest BCUT2D eigenvalue weighted by atomic mass is 10.1. The molecule has 0 aliphatic carbocycles. The van der Waals surface area contributed by atoms with Crippen LogP contribution in [0.1, 0.15) is 25.0 Å². The van der Waals surface area contributed by atoms with Crippen molar-refractivity contribution in [3.63, 3.8) is 0 Å². The average Bonchev–Trinajstić information content (AvgIpc) is 2.83. The second-order valence-electron chi connectivity index (χ2n) is 5.72. The van der Waals surface area contributed by atoms with Crippen molar-refractivity contribution in [1.82, 2.24) is 4.90 Å². The van der Waals surface area contributed by atoms with E-state index in [1.54, 1.807) is 37.3 Å². The molecule has 108 valence electrons. The minimum atomic E-state index is -0.754. The first kappa shape index (κ1) is 15.2. The minimum Gasteiger partial charge on any atom is -0.389 e. The molecule has 2 rings (SSSR count). The molecule has 0 bridgehead atoms. The van der Waals surface area contributed by atoms with E-state index >= 15 is 0 Å². The second kappa shape index (κ2) is 6.48. The van der Waals surface area contributed by atoms with Crippen LogP contribution < -0.4 is 0 Å². The normalized spacial score (nSPS) is 12.1. The maximum absolute atomic E-state index is 12.9. The summed E-state index contributed by atoms with van der Waals surface area (Å²) in [4.78, 5) is 2.18. The first-order chi connectivity index (χ1) is 9.42. The molecule has 4 heteroatoms.